The molecule has 1 rings (SSSR count). The average molecular weight is 223 g/mol. The molecule has 0 heterocycles. The van der Waals surface area contributed by atoms with Gasteiger partial charge < -0.3 is 5.73 Å². The second kappa shape index (κ2) is 6.19. The molecule has 0 fully saturated rings. The van der Waals surface area contributed by atoms with Crippen molar-refractivity contribution in [2.75, 3.05) is 6.54 Å². The first-order valence-corrected chi connectivity index (χ1v) is 6.51. The summed E-state index contributed by atoms with van der Waals surface area (Å²) in [5.74, 6) is 0. The minimum Gasteiger partial charge on any atom is -0.330 e. The van der Waals surface area contributed by atoms with Crippen LogP contribution in [0.3, 0.4) is 0 Å². The first-order valence-electron chi connectivity index (χ1n) is 5.63. The Bertz CT molecular complexity index is 309. The van der Waals surface area contributed by atoms with Gasteiger partial charge in [-0.3, -0.25) is 0 Å². The Morgan fingerprint density at radius 1 is 1.40 bits per heavy atom. The zero-order chi connectivity index (χ0) is 11.3. The fraction of sp³-hybridized carbons (Fsp3) is 0.538. The van der Waals surface area contributed by atoms with Gasteiger partial charge in [0.2, 0.25) is 0 Å². The third-order valence-corrected chi connectivity index (χ3v) is 4.02. The molecule has 0 radical (unpaired) electrons. The predicted octanol–water partition coefficient (Wildman–Crippen LogP) is 3.39. The van der Waals surface area contributed by atoms with Crippen LogP contribution in [-0.4, -0.2) is 11.8 Å². The lowest BCUT2D eigenvalue weighted by Gasteiger charge is -2.11. The summed E-state index contributed by atoms with van der Waals surface area (Å²) in [6.45, 7) is 7.43. The van der Waals surface area contributed by atoms with E-state index in [0.717, 1.165) is 13.0 Å². The third-order valence-electron chi connectivity index (χ3n) is 2.58. The first-order chi connectivity index (χ1) is 7.17. The normalized spacial score (nSPS) is 12.8. The van der Waals surface area contributed by atoms with E-state index < -0.39 is 0 Å². The summed E-state index contributed by atoms with van der Waals surface area (Å²) < 4.78 is 0. The lowest BCUT2D eigenvalue weighted by molar-refractivity contribution is 0.904. The highest BCUT2D eigenvalue weighted by atomic mass is 32.2. The van der Waals surface area contributed by atoms with Crippen molar-refractivity contribution in [2.24, 2.45) is 5.73 Å². The van der Waals surface area contributed by atoms with Gasteiger partial charge in [0.05, 0.1) is 0 Å². The van der Waals surface area contributed by atoms with Crippen LogP contribution >= 0.6 is 11.8 Å². The maximum atomic E-state index is 5.55. The molecule has 0 bridgehead atoms. The molecule has 84 valence electrons. The highest BCUT2D eigenvalue weighted by molar-refractivity contribution is 8.00. The molecule has 1 aromatic rings. The Kier molecular flexibility index (Phi) is 5.20. The van der Waals surface area contributed by atoms with Gasteiger partial charge in [-0.25, -0.2) is 0 Å². The van der Waals surface area contributed by atoms with Crippen molar-refractivity contribution in [3.63, 3.8) is 0 Å². The molecule has 1 aromatic carbocycles. The third kappa shape index (κ3) is 3.88. The maximum absolute atomic E-state index is 5.55. The highest BCUT2D eigenvalue weighted by Gasteiger charge is 2.05. The summed E-state index contributed by atoms with van der Waals surface area (Å²) in [6.07, 6.45) is 2.20. The van der Waals surface area contributed by atoms with E-state index in [2.05, 4.69) is 39.0 Å². The van der Waals surface area contributed by atoms with Gasteiger partial charge in [0, 0.05) is 10.1 Å². The number of aryl methyl sites for hydroxylation is 1. The molecule has 0 aliphatic rings. The van der Waals surface area contributed by atoms with E-state index >= 15 is 0 Å². The van der Waals surface area contributed by atoms with Crippen molar-refractivity contribution >= 4 is 11.8 Å². The van der Waals surface area contributed by atoms with Gasteiger partial charge in [0.25, 0.3) is 0 Å². The summed E-state index contributed by atoms with van der Waals surface area (Å²) in [5, 5.41) is 0.698. The molecule has 0 aliphatic heterocycles. The maximum Gasteiger partial charge on any atom is 0.0104 e. The SMILES string of the molecule is CCC(C)Sc1ccc(CCN)cc1C. The number of thioether (sulfide) groups is 1. The second-order valence-electron chi connectivity index (χ2n) is 3.98. The molecule has 0 spiro atoms. The highest BCUT2D eigenvalue weighted by Crippen LogP contribution is 2.28. The van der Waals surface area contributed by atoms with Crippen LogP contribution in [0.25, 0.3) is 0 Å². The zero-order valence-electron chi connectivity index (χ0n) is 9.92. The number of hydrogen-bond donors (Lipinski definition) is 1. The van der Waals surface area contributed by atoms with Crippen LogP contribution in [0, 0.1) is 6.92 Å². The summed E-state index contributed by atoms with van der Waals surface area (Å²) in [7, 11) is 0. The molecule has 0 saturated carbocycles. The van der Waals surface area contributed by atoms with Crippen LogP contribution in [0.1, 0.15) is 31.4 Å². The number of rotatable bonds is 5. The van der Waals surface area contributed by atoms with E-state index in [0.29, 0.717) is 5.25 Å². The van der Waals surface area contributed by atoms with E-state index in [1.54, 1.807) is 0 Å². The van der Waals surface area contributed by atoms with Crippen molar-refractivity contribution in [3.05, 3.63) is 29.3 Å². The van der Waals surface area contributed by atoms with E-state index in [9.17, 15) is 0 Å². The Morgan fingerprint density at radius 2 is 2.13 bits per heavy atom. The van der Waals surface area contributed by atoms with Crippen molar-refractivity contribution in [1.29, 1.82) is 0 Å². The zero-order valence-corrected chi connectivity index (χ0v) is 10.7. The molecule has 1 nitrogen and oxygen atoms in total. The van der Waals surface area contributed by atoms with Crippen molar-refractivity contribution in [2.45, 2.75) is 43.8 Å². The van der Waals surface area contributed by atoms with Gasteiger partial charge in [-0.2, -0.15) is 0 Å². The molecule has 0 aromatic heterocycles. The van der Waals surface area contributed by atoms with Gasteiger partial charge in [0.15, 0.2) is 0 Å². The molecule has 0 aliphatic carbocycles. The van der Waals surface area contributed by atoms with Crippen LogP contribution in [0.5, 0.6) is 0 Å². The summed E-state index contributed by atoms with van der Waals surface area (Å²) in [6, 6.07) is 6.69. The average Bonchev–Trinajstić information content (AvgIpc) is 2.22. The van der Waals surface area contributed by atoms with Gasteiger partial charge in [-0.1, -0.05) is 26.0 Å². The van der Waals surface area contributed by atoms with Gasteiger partial charge in [-0.15, -0.1) is 11.8 Å². The predicted molar refractivity (Wildman–Crippen MR) is 69.5 cm³/mol. The van der Waals surface area contributed by atoms with Crippen LogP contribution in [0.4, 0.5) is 0 Å². The molecule has 2 heteroatoms. The molecule has 15 heavy (non-hydrogen) atoms. The summed E-state index contributed by atoms with van der Waals surface area (Å²) in [5.41, 5.74) is 8.28. The Labute approximate surface area is 97.4 Å². The lowest BCUT2D eigenvalue weighted by atomic mass is 10.1. The molecule has 0 amide bonds. The van der Waals surface area contributed by atoms with Crippen molar-refractivity contribution < 1.29 is 0 Å². The molecular formula is C13H21NS. The molecular weight excluding hydrogens is 202 g/mol. The molecule has 0 saturated heterocycles. The smallest absolute Gasteiger partial charge is 0.0104 e. The summed E-state index contributed by atoms with van der Waals surface area (Å²) in [4.78, 5) is 1.41. The van der Waals surface area contributed by atoms with E-state index in [1.807, 2.05) is 11.8 Å². The van der Waals surface area contributed by atoms with Crippen LogP contribution < -0.4 is 5.73 Å². The minimum absolute atomic E-state index is 0.698. The second-order valence-corrected chi connectivity index (χ2v) is 5.46. The Hall–Kier alpha value is -0.470. The van der Waals surface area contributed by atoms with Gasteiger partial charge >= 0.3 is 0 Å². The number of hydrogen-bond acceptors (Lipinski definition) is 2. The molecule has 1 atom stereocenters. The van der Waals surface area contributed by atoms with E-state index in [4.69, 9.17) is 5.73 Å². The lowest BCUT2D eigenvalue weighted by Crippen LogP contribution is -2.03. The van der Waals surface area contributed by atoms with Crippen LogP contribution in [-0.2, 0) is 6.42 Å². The largest absolute Gasteiger partial charge is 0.330 e. The first kappa shape index (κ1) is 12.6. The Morgan fingerprint density at radius 3 is 2.67 bits per heavy atom. The topological polar surface area (TPSA) is 26.0 Å². The van der Waals surface area contributed by atoms with Gasteiger partial charge in [0.1, 0.15) is 0 Å². The van der Waals surface area contributed by atoms with Crippen molar-refractivity contribution in [3.8, 4) is 0 Å². The standard InChI is InChI=1S/C13H21NS/c1-4-11(3)15-13-6-5-12(7-8-14)9-10(13)2/h5-6,9,11H,4,7-8,14H2,1-3H3. The Balaban J connectivity index is 2.74. The van der Waals surface area contributed by atoms with Crippen LogP contribution in [0.2, 0.25) is 0 Å². The van der Waals surface area contributed by atoms with Gasteiger partial charge in [-0.05, 0) is 43.5 Å². The monoisotopic (exact) mass is 223 g/mol. The molecule has 1 unspecified atom stereocenters. The van der Waals surface area contributed by atoms with Crippen LogP contribution in [0.15, 0.2) is 23.1 Å². The quantitative estimate of drug-likeness (QED) is 0.774. The summed E-state index contributed by atoms with van der Waals surface area (Å²) >= 11 is 1.97. The number of nitrogens with two attached hydrogens (primary N) is 1. The van der Waals surface area contributed by atoms with Crippen molar-refractivity contribution in [1.82, 2.24) is 0 Å². The fourth-order valence-electron chi connectivity index (χ4n) is 1.47. The fourth-order valence-corrected chi connectivity index (χ4v) is 2.46. The molecule has 2 N–H and O–H groups in total. The minimum atomic E-state index is 0.698. The van der Waals surface area contributed by atoms with E-state index in [-0.39, 0.29) is 0 Å². The van der Waals surface area contributed by atoms with E-state index in [1.165, 1.54) is 22.4 Å². The number of benzene rings is 1.